The summed E-state index contributed by atoms with van der Waals surface area (Å²) in [5.41, 5.74) is 3.34. The third-order valence-electron chi connectivity index (χ3n) is 4.38. The molecule has 0 aliphatic carbocycles. The van der Waals surface area contributed by atoms with Gasteiger partial charge in [-0.05, 0) is 30.2 Å². The number of hydrogen-bond donors (Lipinski definition) is 1. The Balaban J connectivity index is 1.34. The van der Waals surface area contributed by atoms with Crippen molar-refractivity contribution in [2.45, 2.75) is 26.1 Å². The van der Waals surface area contributed by atoms with Crippen molar-refractivity contribution in [3.05, 3.63) is 65.8 Å². The lowest BCUT2D eigenvalue weighted by Crippen LogP contribution is -2.36. The molecule has 1 aliphatic rings. The highest BCUT2D eigenvalue weighted by Gasteiger charge is 2.22. The van der Waals surface area contributed by atoms with Crippen molar-refractivity contribution in [1.82, 2.24) is 25.3 Å². The van der Waals surface area contributed by atoms with E-state index in [9.17, 15) is 4.79 Å². The van der Waals surface area contributed by atoms with E-state index in [1.807, 2.05) is 31.2 Å². The number of aromatic nitrogens is 3. The molecule has 2 aromatic heterocycles. The first-order valence-electron chi connectivity index (χ1n) is 8.51. The first-order chi connectivity index (χ1) is 12.7. The molecule has 1 N–H and O–H groups in total. The summed E-state index contributed by atoms with van der Waals surface area (Å²) in [6, 6.07) is 11.6. The van der Waals surface area contributed by atoms with E-state index in [0.717, 1.165) is 18.7 Å². The third kappa shape index (κ3) is 3.48. The number of amides is 1. The van der Waals surface area contributed by atoms with E-state index in [2.05, 4.69) is 37.5 Å². The third-order valence-corrected chi connectivity index (χ3v) is 4.38. The van der Waals surface area contributed by atoms with E-state index < -0.39 is 0 Å². The predicted octanol–water partition coefficient (Wildman–Crippen LogP) is 2.32. The zero-order chi connectivity index (χ0) is 17.9. The van der Waals surface area contributed by atoms with Gasteiger partial charge < -0.3 is 9.84 Å². The van der Waals surface area contributed by atoms with Gasteiger partial charge in [-0.2, -0.15) is 4.98 Å². The number of nitrogens with zero attached hydrogens (tertiary/aromatic N) is 4. The Morgan fingerprint density at radius 3 is 2.69 bits per heavy atom. The van der Waals surface area contributed by atoms with Gasteiger partial charge in [0.25, 0.3) is 0 Å². The van der Waals surface area contributed by atoms with Crippen LogP contribution in [-0.2, 0) is 17.9 Å². The molecule has 26 heavy (non-hydrogen) atoms. The van der Waals surface area contributed by atoms with Crippen molar-refractivity contribution in [1.29, 1.82) is 0 Å². The molecule has 3 aromatic rings. The molecule has 7 nitrogen and oxygen atoms in total. The Hall–Kier alpha value is -3.06. The summed E-state index contributed by atoms with van der Waals surface area (Å²) in [5.74, 6) is 0.775. The lowest BCUT2D eigenvalue weighted by molar-refractivity contribution is -0.123. The summed E-state index contributed by atoms with van der Waals surface area (Å²) in [6.07, 6.45) is 3.35. The molecule has 0 saturated heterocycles. The largest absolute Gasteiger partial charge is 0.343 e. The van der Waals surface area contributed by atoms with Crippen LogP contribution in [0.1, 0.15) is 30.0 Å². The first-order valence-corrected chi connectivity index (χ1v) is 8.51. The standard InChI is InChI=1S/C19H19N5O2/c1-13(19-22-18(23-26-19)14-7-4-8-20-9-14)21-17(25)12-24-10-15-5-2-3-6-16(15)11-24/h2-9,13H,10-12H2,1H3,(H,21,25)/t13-/m0/s1. The average molecular weight is 349 g/mol. The maximum Gasteiger partial charge on any atom is 0.249 e. The highest BCUT2D eigenvalue weighted by molar-refractivity contribution is 5.78. The van der Waals surface area contributed by atoms with Gasteiger partial charge in [-0.1, -0.05) is 29.4 Å². The summed E-state index contributed by atoms with van der Waals surface area (Å²) in [6.45, 7) is 3.76. The number of hydrogen-bond acceptors (Lipinski definition) is 6. The lowest BCUT2D eigenvalue weighted by atomic mass is 10.1. The Kier molecular flexibility index (Phi) is 4.45. The number of nitrogens with one attached hydrogen (secondary N) is 1. The van der Waals surface area contributed by atoms with Crippen LogP contribution in [0.5, 0.6) is 0 Å². The van der Waals surface area contributed by atoms with Gasteiger partial charge in [0.05, 0.1) is 6.54 Å². The predicted molar refractivity (Wildman–Crippen MR) is 94.6 cm³/mol. The molecule has 1 aromatic carbocycles. The molecule has 1 amide bonds. The van der Waals surface area contributed by atoms with Crippen molar-refractivity contribution >= 4 is 5.91 Å². The van der Waals surface area contributed by atoms with Gasteiger partial charge in [0, 0.05) is 31.0 Å². The zero-order valence-corrected chi connectivity index (χ0v) is 14.4. The van der Waals surface area contributed by atoms with Crippen LogP contribution in [-0.4, -0.2) is 32.5 Å². The summed E-state index contributed by atoms with van der Waals surface area (Å²) >= 11 is 0. The molecular formula is C19H19N5O2. The van der Waals surface area contributed by atoms with E-state index in [1.165, 1.54) is 11.1 Å². The lowest BCUT2D eigenvalue weighted by Gasteiger charge is -2.16. The highest BCUT2D eigenvalue weighted by atomic mass is 16.5. The smallest absolute Gasteiger partial charge is 0.249 e. The SMILES string of the molecule is C[C@H](NC(=O)CN1Cc2ccccc2C1)c1nc(-c2cccnc2)no1. The number of carbonyl (C=O) groups is 1. The summed E-state index contributed by atoms with van der Waals surface area (Å²) in [7, 11) is 0. The molecule has 0 unspecified atom stereocenters. The van der Waals surface area contributed by atoms with Crippen LogP contribution in [0.4, 0.5) is 0 Å². The van der Waals surface area contributed by atoms with Crippen molar-refractivity contribution in [3.8, 4) is 11.4 Å². The monoisotopic (exact) mass is 349 g/mol. The van der Waals surface area contributed by atoms with E-state index in [1.54, 1.807) is 12.4 Å². The number of rotatable bonds is 5. The second kappa shape index (κ2) is 7.05. The van der Waals surface area contributed by atoms with Crippen molar-refractivity contribution in [3.63, 3.8) is 0 Å². The second-order valence-electron chi connectivity index (χ2n) is 6.40. The molecule has 0 fully saturated rings. The molecular weight excluding hydrogens is 330 g/mol. The Morgan fingerprint density at radius 2 is 2.00 bits per heavy atom. The van der Waals surface area contributed by atoms with E-state index in [-0.39, 0.29) is 11.9 Å². The van der Waals surface area contributed by atoms with Crippen molar-refractivity contribution in [2.24, 2.45) is 0 Å². The van der Waals surface area contributed by atoms with E-state index in [0.29, 0.717) is 18.3 Å². The molecule has 132 valence electrons. The van der Waals surface area contributed by atoms with Crippen LogP contribution in [0.2, 0.25) is 0 Å². The molecule has 1 aliphatic heterocycles. The minimum absolute atomic E-state index is 0.0635. The first kappa shape index (κ1) is 16.4. The molecule has 0 saturated carbocycles. The summed E-state index contributed by atoms with van der Waals surface area (Å²) < 4.78 is 5.29. The minimum atomic E-state index is -0.356. The van der Waals surface area contributed by atoms with Gasteiger partial charge in [0.15, 0.2) is 0 Å². The van der Waals surface area contributed by atoms with E-state index in [4.69, 9.17) is 4.52 Å². The van der Waals surface area contributed by atoms with Crippen molar-refractivity contribution in [2.75, 3.05) is 6.54 Å². The molecule has 0 bridgehead atoms. The van der Waals surface area contributed by atoms with Gasteiger partial charge in [0.1, 0.15) is 6.04 Å². The minimum Gasteiger partial charge on any atom is -0.343 e. The number of fused-ring (bicyclic) bond motifs is 1. The molecule has 4 rings (SSSR count). The Morgan fingerprint density at radius 1 is 1.23 bits per heavy atom. The van der Waals surface area contributed by atoms with Crippen molar-refractivity contribution < 1.29 is 9.32 Å². The molecule has 3 heterocycles. The van der Waals surface area contributed by atoms with Crippen LogP contribution in [0, 0.1) is 0 Å². The maximum atomic E-state index is 12.4. The van der Waals surface area contributed by atoms with Gasteiger partial charge in [-0.3, -0.25) is 14.7 Å². The van der Waals surface area contributed by atoms with E-state index >= 15 is 0 Å². The van der Waals surface area contributed by atoms with Gasteiger partial charge in [-0.25, -0.2) is 0 Å². The van der Waals surface area contributed by atoms with Crippen LogP contribution >= 0.6 is 0 Å². The molecule has 0 radical (unpaired) electrons. The Bertz CT molecular complexity index is 884. The highest BCUT2D eigenvalue weighted by Crippen LogP contribution is 2.22. The van der Waals surface area contributed by atoms with Gasteiger partial charge in [0.2, 0.25) is 17.6 Å². The molecule has 0 spiro atoms. The average Bonchev–Trinajstić information content (AvgIpc) is 3.29. The van der Waals surface area contributed by atoms with Crippen LogP contribution < -0.4 is 5.32 Å². The van der Waals surface area contributed by atoms with Crippen LogP contribution in [0.15, 0.2) is 53.3 Å². The molecule has 1 atom stereocenters. The van der Waals surface area contributed by atoms with Crippen LogP contribution in [0.25, 0.3) is 11.4 Å². The van der Waals surface area contributed by atoms with Gasteiger partial charge in [-0.15, -0.1) is 0 Å². The normalized spacial score (nSPS) is 14.8. The van der Waals surface area contributed by atoms with Crippen LogP contribution in [0.3, 0.4) is 0 Å². The Labute approximate surface area is 151 Å². The quantitative estimate of drug-likeness (QED) is 0.761. The fraction of sp³-hybridized carbons (Fsp3) is 0.263. The summed E-state index contributed by atoms with van der Waals surface area (Å²) in [5, 5.41) is 6.88. The molecule has 7 heteroatoms. The summed E-state index contributed by atoms with van der Waals surface area (Å²) in [4.78, 5) is 22.9. The number of carbonyl (C=O) groups excluding carboxylic acids is 1. The maximum absolute atomic E-state index is 12.4. The topological polar surface area (TPSA) is 84.2 Å². The fourth-order valence-corrected chi connectivity index (χ4v) is 3.09. The second-order valence-corrected chi connectivity index (χ2v) is 6.40. The zero-order valence-electron chi connectivity index (χ0n) is 14.4. The fourth-order valence-electron chi connectivity index (χ4n) is 3.09. The number of pyridine rings is 1. The number of benzene rings is 1. The van der Waals surface area contributed by atoms with Gasteiger partial charge >= 0.3 is 0 Å².